The van der Waals surface area contributed by atoms with Crippen molar-refractivity contribution in [3.8, 4) is 0 Å². The summed E-state index contributed by atoms with van der Waals surface area (Å²) in [6, 6.07) is 6.88. The van der Waals surface area contributed by atoms with Gasteiger partial charge in [0.25, 0.3) is 0 Å². The predicted octanol–water partition coefficient (Wildman–Crippen LogP) is 4.53. The molecule has 0 aliphatic carbocycles. The molecule has 0 saturated heterocycles. The van der Waals surface area contributed by atoms with E-state index in [9.17, 15) is 0 Å². The van der Waals surface area contributed by atoms with Gasteiger partial charge in [0, 0.05) is 15.5 Å². The number of rotatable bonds is 0. The average Bonchev–Trinajstić information content (AvgIpc) is 2.46. The Hall–Kier alpha value is 0.0500. The van der Waals surface area contributed by atoms with Crippen molar-refractivity contribution in [1.29, 1.82) is 0 Å². The van der Waals surface area contributed by atoms with Gasteiger partial charge in [-0.25, -0.2) is 0 Å². The summed E-state index contributed by atoms with van der Waals surface area (Å²) in [5, 5.41) is 0. The molecule has 0 radical (unpaired) electrons. The molecule has 2 heteroatoms. The number of benzene rings is 1. The summed E-state index contributed by atoms with van der Waals surface area (Å²) in [7, 11) is 0. The summed E-state index contributed by atoms with van der Waals surface area (Å²) in [6.07, 6.45) is 0. The van der Waals surface area contributed by atoms with Crippen molar-refractivity contribution >= 4 is 27.7 Å². The number of halogens is 1. The average molecular weight is 271 g/mol. The Morgan fingerprint density at radius 1 is 1.36 bits per heavy atom. The number of fused-ring (bicyclic) bond motifs is 1. The summed E-state index contributed by atoms with van der Waals surface area (Å²) in [4.78, 5) is 1.99. The molecule has 0 spiro atoms. The standard InChI is InChI=1S/C12H15BrS/c1-12(2,3)8-4-5-11-9(6-8)10(13)7-14-11/h4-6,10H,7H2,1-3H3. The lowest BCUT2D eigenvalue weighted by Crippen LogP contribution is -2.11. The van der Waals surface area contributed by atoms with E-state index in [0.717, 1.165) is 0 Å². The minimum Gasteiger partial charge on any atom is -0.124 e. The van der Waals surface area contributed by atoms with Gasteiger partial charge in [-0.1, -0.05) is 48.8 Å². The van der Waals surface area contributed by atoms with Crippen LogP contribution in [0.1, 0.15) is 36.7 Å². The van der Waals surface area contributed by atoms with E-state index in [1.165, 1.54) is 21.8 Å². The van der Waals surface area contributed by atoms with Crippen LogP contribution in [-0.4, -0.2) is 5.75 Å². The van der Waals surface area contributed by atoms with Crippen molar-refractivity contribution in [2.75, 3.05) is 5.75 Å². The third-order valence-electron chi connectivity index (χ3n) is 2.60. The fourth-order valence-corrected chi connectivity index (χ4v) is 3.61. The minimum absolute atomic E-state index is 0.259. The Kier molecular flexibility index (Phi) is 2.69. The third-order valence-corrected chi connectivity index (χ3v) is 5.03. The Balaban J connectivity index is 2.45. The first-order valence-electron chi connectivity index (χ1n) is 4.90. The lowest BCUT2D eigenvalue weighted by Gasteiger charge is -2.20. The summed E-state index contributed by atoms with van der Waals surface area (Å²) in [5.41, 5.74) is 3.17. The fourth-order valence-electron chi connectivity index (χ4n) is 1.64. The zero-order valence-corrected chi connectivity index (χ0v) is 11.2. The highest BCUT2D eigenvalue weighted by molar-refractivity contribution is 9.09. The second kappa shape index (κ2) is 3.57. The van der Waals surface area contributed by atoms with Crippen molar-refractivity contribution in [3.63, 3.8) is 0 Å². The molecule has 0 fully saturated rings. The van der Waals surface area contributed by atoms with Crippen molar-refractivity contribution in [1.82, 2.24) is 0 Å². The highest BCUT2D eigenvalue weighted by atomic mass is 79.9. The van der Waals surface area contributed by atoms with Gasteiger partial charge < -0.3 is 0 Å². The molecule has 2 rings (SSSR count). The molecular weight excluding hydrogens is 256 g/mol. The molecule has 0 amide bonds. The van der Waals surface area contributed by atoms with E-state index in [4.69, 9.17) is 0 Å². The molecule has 0 nitrogen and oxygen atoms in total. The summed E-state index contributed by atoms with van der Waals surface area (Å²) in [6.45, 7) is 6.79. The first-order chi connectivity index (χ1) is 6.48. The van der Waals surface area contributed by atoms with Crippen molar-refractivity contribution < 1.29 is 0 Å². The first kappa shape index (κ1) is 10.6. The van der Waals surface area contributed by atoms with Gasteiger partial charge in [0.1, 0.15) is 0 Å². The molecule has 1 heterocycles. The maximum Gasteiger partial charge on any atom is 0.0500 e. The SMILES string of the molecule is CC(C)(C)c1ccc2c(c1)C(Br)CS2. The molecule has 1 atom stereocenters. The molecule has 1 aromatic carbocycles. The van der Waals surface area contributed by atoms with Crippen molar-refractivity contribution in [3.05, 3.63) is 29.3 Å². The van der Waals surface area contributed by atoms with E-state index in [1.807, 2.05) is 11.8 Å². The fraction of sp³-hybridized carbons (Fsp3) is 0.500. The molecule has 1 aliphatic heterocycles. The van der Waals surface area contributed by atoms with Gasteiger partial charge >= 0.3 is 0 Å². The lowest BCUT2D eigenvalue weighted by molar-refractivity contribution is 0.589. The maximum absolute atomic E-state index is 3.72. The zero-order chi connectivity index (χ0) is 10.3. The second-order valence-electron chi connectivity index (χ2n) is 4.78. The summed E-state index contributed by atoms with van der Waals surface area (Å²) < 4.78 is 0. The highest BCUT2D eigenvalue weighted by Gasteiger charge is 2.23. The number of hydrogen-bond acceptors (Lipinski definition) is 1. The van der Waals surface area contributed by atoms with Gasteiger partial charge in [-0.2, -0.15) is 0 Å². The third kappa shape index (κ3) is 1.87. The van der Waals surface area contributed by atoms with E-state index in [-0.39, 0.29) is 5.41 Å². The van der Waals surface area contributed by atoms with Crippen LogP contribution < -0.4 is 0 Å². The van der Waals surface area contributed by atoms with Gasteiger partial charge in [0.2, 0.25) is 0 Å². The molecule has 0 bridgehead atoms. The van der Waals surface area contributed by atoms with Crippen LogP contribution in [0.5, 0.6) is 0 Å². The van der Waals surface area contributed by atoms with Crippen LogP contribution in [0.3, 0.4) is 0 Å². The van der Waals surface area contributed by atoms with Crippen LogP contribution in [0.25, 0.3) is 0 Å². The Labute approximate surface area is 98.6 Å². The number of thioether (sulfide) groups is 1. The van der Waals surface area contributed by atoms with E-state index in [0.29, 0.717) is 4.83 Å². The summed E-state index contributed by atoms with van der Waals surface area (Å²) in [5.74, 6) is 1.17. The van der Waals surface area contributed by atoms with Crippen LogP contribution in [0.15, 0.2) is 23.1 Å². The maximum atomic E-state index is 3.72. The molecule has 0 aromatic heterocycles. The number of hydrogen-bond donors (Lipinski definition) is 0. The van der Waals surface area contributed by atoms with E-state index >= 15 is 0 Å². The van der Waals surface area contributed by atoms with E-state index < -0.39 is 0 Å². The Bertz CT molecular complexity index is 352. The van der Waals surface area contributed by atoms with Crippen LogP contribution in [0, 0.1) is 0 Å². The molecule has 1 aromatic rings. The first-order valence-corrected chi connectivity index (χ1v) is 6.80. The predicted molar refractivity (Wildman–Crippen MR) is 67.5 cm³/mol. The minimum atomic E-state index is 0.259. The van der Waals surface area contributed by atoms with Crippen LogP contribution >= 0.6 is 27.7 Å². The highest BCUT2D eigenvalue weighted by Crippen LogP contribution is 2.44. The molecule has 14 heavy (non-hydrogen) atoms. The van der Waals surface area contributed by atoms with E-state index in [1.54, 1.807) is 0 Å². The van der Waals surface area contributed by atoms with Gasteiger partial charge in [0.05, 0.1) is 0 Å². The van der Waals surface area contributed by atoms with E-state index in [2.05, 4.69) is 54.9 Å². The van der Waals surface area contributed by atoms with Gasteiger partial charge in [0.15, 0.2) is 0 Å². The largest absolute Gasteiger partial charge is 0.124 e. The second-order valence-corrected chi connectivity index (χ2v) is 6.95. The van der Waals surface area contributed by atoms with Crippen LogP contribution in [0.2, 0.25) is 0 Å². The normalized spacial score (nSPS) is 21.0. The lowest BCUT2D eigenvalue weighted by atomic mass is 9.86. The molecular formula is C12H15BrS. The van der Waals surface area contributed by atoms with Crippen LogP contribution in [0.4, 0.5) is 0 Å². The Morgan fingerprint density at radius 2 is 2.07 bits per heavy atom. The van der Waals surface area contributed by atoms with Gasteiger partial charge in [-0.05, 0) is 22.6 Å². The van der Waals surface area contributed by atoms with Gasteiger partial charge in [-0.3, -0.25) is 0 Å². The van der Waals surface area contributed by atoms with Crippen LogP contribution in [-0.2, 0) is 5.41 Å². The van der Waals surface area contributed by atoms with Crippen molar-refractivity contribution in [2.45, 2.75) is 35.9 Å². The monoisotopic (exact) mass is 270 g/mol. The molecule has 76 valence electrons. The summed E-state index contributed by atoms with van der Waals surface area (Å²) >= 11 is 5.67. The number of alkyl halides is 1. The Morgan fingerprint density at radius 3 is 2.71 bits per heavy atom. The quantitative estimate of drug-likeness (QED) is 0.625. The molecule has 0 saturated carbocycles. The zero-order valence-electron chi connectivity index (χ0n) is 8.80. The molecule has 1 aliphatic rings. The smallest absolute Gasteiger partial charge is 0.0500 e. The molecule has 1 unspecified atom stereocenters. The topological polar surface area (TPSA) is 0 Å². The van der Waals surface area contributed by atoms with Gasteiger partial charge in [-0.15, -0.1) is 11.8 Å². The molecule has 0 N–H and O–H groups in total. The van der Waals surface area contributed by atoms with Crippen molar-refractivity contribution in [2.24, 2.45) is 0 Å².